The molecule has 1 fully saturated rings. The van der Waals surface area contributed by atoms with E-state index >= 15 is 0 Å². The van der Waals surface area contributed by atoms with Crippen LogP contribution in [0.4, 0.5) is 0 Å². The summed E-state index contributed by atoms with van der Waals surface area (Å²) in [5.74, 6) is -3.21. The summed E-state index contributed by atoms with van der Waals surface area (Å²) in [5.41, 5.74) is 0.570. The maximum Gasteiger partial charge on any atom is 0.338 e. The molecule has 12 heteroatoms. The lowest BCUT2D eigenvalue weighted by Crippen LogP contribution is -2.59. The molecule has 1 N–H and O–H groups in total. The van der Waals surface area contributed by atoms with Crippen molar-refractivity contribution in [3.05, 3.63) is 108 Å². The SMILES string of the molecule is N=C(O[C@H]1OC[C@@H](OC(=O)c2ccccc2)[C@H](OC(=O)c2ccccc2)[C@H]1OC(=O)c1ccccc1)C(Cl)(Cl)Cl. The summed E-state index contributed by atoms with van der Waals surface area (Å²) in [6.45, 7) is -0.373. The van der Waals surface area contributed by atoms with Crippen LogP contribution < -0.4 is 0 Å². The number of esters is 3. The third-order valence-corrected chi connectivity index (χ3v) is 6.16. The van der Waals surface area contributed by atoms with Crippen molar-refractivity contribution in [3.8, 4) is 0 Å². The zero-order valence-electron chi connectivity index (χ0n) is 20.6. The first-order chi connectivity index (χ1) is 19.1. The van der Waals surface area contributed by atoms with E-state index in [2.05, 4.69) is 0 Å². The van der Waals surface area contributed by atoms with Gasteiger partial charge in [-0.3, -0.25) is 5.41 Å². The quantitative estimate of drug-likeness (QED) is 0.125. The maximum atomic E-state index is 13.1. The summed E-state index contributed by atoms with van der Waals surface area (Å²) in [6, 6.07) is 24.1. The fraction of sp³-hybridized carbons (Fsp3) is 0.214. The van der Waals surface area contributed by atoms with E-state index in [1.54, 1.807) is 54.6 Å². The Morgan fingerprint density at radius 1 is 0.650 bits per heavy atom. The van der Waals surface area contributed by atoms with Crippen molar-refractivity contribution in [1.82, 2.24) is 0 Å². The van der Waals surface area contributed by atoms with E-state index in [0.717, 1.165) is 0 Å². The molecule has 4 atom stereocenters. The Hall–Kier alpha value is -3.63. The van der Waals surface area contributed by atoms with E-state index in [4.69, 9.17) is 63.9 Å². The summed E-state index contributed by atoms with van der Waals surface area (Å²) < 4.78 is 25.9. The van der Waals surface area contributed by atoms with Gasteiger partial charge in [0.15, 0.2) is 12.2 Å². The molecule has 0 unspecified atom stereocenters. The summed E-state index contributed by atoms with van der Waals surface area (Å²) >= 11 is 17.3. The lowest BCUT2D eigenvalue weighted by atomic mass is 10.0. The Balaban J connectivity index is 1.68. The van der Waals surface area contributed by atoms with Gasteiger partial charge in [0, 0.05) is 0 Å². The largest absolute Gasteiger partial charge is 0.452 e. The number of hydrogen-bond acceptors (Lipinski definition) is 9. The van der Waals surface area contributed by atoms with Crippen LogP contribution in [0, 0.1) is 5.41 Å². The van der Waals surface area contributed by atoms with E-state index in [9.17, 15) is 14.4 Å². The molecule has 4 rings (SSSR count). The molecular formula is C28H22Cl3NO8. The number of benzene rings is 3. The minimum Gasteiger partial charge on any atom is -0.452 e. The van der Waals surface area contributed by atoms with E-state index in [0.29, 0.717) is 0 Å². The number of alkyl halides is 3. The molecule has 0 amide bonds. The molecule has 1 aliphatic rings. The third kappa shape index (κ3) is 7.51. The number of carbonyl (C=O) groups excluding carboxylic acids is 3. The van der Waals surface area contributed by atoms with Crippen LogP contribution in [-0.4, -0.2) is 58.8 Å². The van der Waals surface area contributed by atoms with Crippen LogP contribution in [0.3, 0.4) is 0 Å². The van der Waals surface area contributed by atoms with Crippen molar-refractivity contribution in [2.45, 2.75) is 28.4 Å². The van der Waals surface area contributed by atoms with Crippen molar-refractivity contribution in [2.75, 3.05) is 6.61 Å². The Morgan fingerprint density at radius 3 is 1.48 bits per heavy atom. The van der Waals surface area contributed by atoms with Gasteiger partial charge in [0.05, 0.1) is 23.3 Å². The summed E-state index contributed by atoms with van der Waals surface area (Å²) in [5, 5.41) is 8.00. The molecule has 9 nitrogen and oxygen atoms in total. The highest BCUT2D eigenvalue weighted by atomic mass is 35.6. The second kappa shape index (κ2) is 13.1. The van der Waals surface area contributed by atoms with Crippen LogP contribution >= 0.6 is 34.8 Å². The van der Waals surface area contributed by atoms with Gasteiger partial charge in [0.25, 0.3) is 3.79 Å². The Kier molecular flexibility index (Phi) is 9.65. The number of halogens is 3. The van der Waals surface area contributed by atoms with E-state index in [1.165, 1.54) is 36.4 Å². The van der Waals surface area contributed by atoms with E-state index in [1.807, 2.05) is 0 Å². The number of hydrogen-bond donors (Lipinski definition) is 1. The predicted octanol–water partition coefficient (Wildman–Crippen LogP) is 5.38. The van der Waals surface area contributed by atoms with Gasteiger partial charge in [0.2, 0.25) is 18.3 Å². The smallest absolute Gasteiger partial charge is 0.338 e. The minimum atomic E-state index is -2.27. The summed E-state index contributed by atoms with van der Waals surface area (Å²) in [6.07, 6.45) is -5.84. The zero-order chi connectivity index (χ0) is 28.7. The highest BCUT2D eigenvalue weighted by Crippen LogP contribution is 2.32. The van der Waals surface area contributed by atoms with E-state index < -0.39 is 52.2 Å². The molecule has 0 aliphatic carbocycles. The average Bonchev–Trinajstić information content (AvgIpc) is 2.96. The topological polar surface area (TPSA) is 121 Å². The van der Waals surface area contributed by atoms with E-state index in [-0.39, 0.29) is 23.3 Å². The van der Waals surface area contributed by atoms with Gasteiger partial charge < -0.3 is 23.7 Å². The molecular weight excluding hydrogens is 585 g/mol. The van der Waals surface area contributed by atoms with Gasteiger partial charge in [-0.15, -0.1) is 0 Å². The molecule has 0 radical (unpaired) electrons. The molecule has 1 heterocycles. The van der Waals surface area contributed by atoms with Crippen molar-refractivity contribution in [1.29, 1.82) is 5.41 Å². The van der Waals surface area contributed by atoms with Crippen LogP contribution in [0.1, 0.15) is 31.1 Å². The second-order valence-corrected chi connectivity index (χ2v) is 10.7. The Morgan fingerprint density at radius 2 is 1.05 bits per heavy atom. The van der Waals surface area contributed by atoms with Crippen LogP contribution in [-0.2, 0) is 23.7 Å². The van der Waals surface area contributed by atoms with Gasteiger partial charge >= 0.3 is 17.9 Å². The molecule has 0 bridgehead atoms. The van der Waals surface area contributed by atoms with Gasteiger partial charge in [-0.05, 0) is 36.4 Å². The number of nitrogens with one attached hydrogen (secondary N) is 1. The van der Waals surface area contributed by atoms with Crippen LogP contribution in [0.25, 0.3) is 0 Å². The molecule has 0 saturated carbocycles. The monoisotopic (exact) mass is 605 g/mol. The van der Waals surface area contributed by atoms with Gasteiger partial charge in [-0.2, -0.15) is 0 Å². The van der Waals surface area contributed by atoms with Crippen molar-refractivity contribution < 1.29 is 38.1 Å². The van der Waals surface area contributed by atoms with Gasteiger partial charge in [0.1, 0.15) is 0 Å². The van der Waals surface area contributed by atoms with Crippen LogP contribution in [0.15, 0.2) is 91.0 Å². The molecule has 40 heavy (non-hydrogen) atoms. The first-order valence-corrected chi connectivity index (χ1v) is 13.0. The minimum absolute atomic E-state index is 0.161. The summed E-state index contributed by atoms with van der Waals surface area (Å²) in [4.78, 5) is 39.1. The molecule has 3 aromatic carbocycles. The molecule has 1 aliphatic heterocycles. The lowest BCUT2D eigenvalue weighted by Gasteiger charge is -2.40. The van der Waals surface area contributed by atoms with Crippen LogP contribution in [0.5, 0.6) is 0 Å². The first-order valence-electron chi connectivity index (χ1n) is 11.9. The highest BCUT2D eigenvalue weighted by Gasteiger charge is 2.50. The normalized spacial score (nSPS) is 20.6. The molecule has 0 spiro atoms. The fourth-order valence-electron chi connectivity index (χ4n) is 3.71. The molecule has 3 aromatic rings. The highest BCUT2D eigenvalue weighted by molar-refractivity contribution is 6.76. The standard InChI is InChI=1S/C28H22Cl3NO8/c29-28(30,31)27(32)40-26-22(39-25(35)19-14-8-3-9-15-19)21(38-24(34)18-12-6-2-7-13-18)20(16-36-26)37-23(33)17-10-4-1-5-11-17/h1-15,20-22,26,32H,16H2/t20-,21+,22-,26-/m1/s1. The molecule has 1 saturated heterocycles. The number of rotatable bonds is 7. The maximum absolute atomic E-state index is 13.1. The van der Waals surface area contributed by atoms with Crippen molar-refractivity contribution in [3.63, 3.8) is 0 Å². The van der Waals surface area contributed by atoms with Gasteiger partial charge in [-0.1, -0.05) is 89.4 Å². The zero-order valence-corrected chi connectivity index (χ0v) is 22.8. The second-order valence-electron chi connectivity index (χ2n) is 8.43. The average molecular weight is 607 g/mol. The summed E-state index contributed by atoms with van der Waals surface area (Å²) in [7, 11) is 0. The predicted molar refractivity (Wildman–Crippen MR) is 146 cm³/mol. The molecule has 0 aromatic heterocycles. The number of carbonyl (C=O) groups is 3. The Bertz CT molecular complexity index is 1340. The van der Waals surface area contributed by atoms with Gasteiger partial charge in [-0.25, -0.2) is 14.4 Å². The third-order valence-electron chi connectivity index (χ3n) is 5.65. The number of ether oxygens (including phenoxy) is 5. The molecule has 208 valence electrons. The fourth-order valence-corrected chi connectivity index (χ4v) is 3.84. The first kappa shape index (κ1) is 29.4. The van der Waals surface area contributed by atoms with Crippen LogP contribution in [0.2, 0.25) is 0 Å². The van der Waals surface area contributed by atoms with Crippen molar-refractivity contribution in [2.24, 2.45) is 0 Å². The van der Waals surface area contributed by atoms with Crippen molar-refractivity contribution >= 4 is 58.6 Å². The lowest BCUT2D eigenvalue weighted by molar-refractivity contribution is -0.245. The Labute approximate surface area is 244 Å².